The zero-order chi connectivity index (χ0) is 20.4. The Morgan fingerprint density at radius 1 is 1.00 bits per heavy atom. The van der Waals surface area contributed by atoms with E-state index in [1.54, 1.807) is 25.1 Å². The number of hydrogen-bond donors (Lipinski definition) is 1. The summed E-state index contributed by atoms with van der Waals surface area (Å²) in [5, 5.41) is 2.83. The summed E-state index contributed by atoms with van der Waals surface area (Å²) in [7, 11) is 0. The lowest BCUT2D eigenvalue weighted by Crippen LogP contribution is -2.31. The number of rotatable bonds is 6. The molecule has 3 rings (SSSR count). The Labute approximate surface area is 163 Å². The number of hydrogen-bond acceptors (Lipinski definition) is 3. The summed E-state index contributed by atoms with van der Waals surface area (Å²) in [4.78, 5) is 38.9. The highest BCUT2D eigenvalue weighted by atomic mass is 19.1. The van der Waals surface area contributed by atoms with Gasteiger partial charge in [0.05, 0.1) is 17.2 Å². The Morgan fingerprint density at radius 2 is 1.64 bits per heavy atom. The molecule has 146 valence electrons. The van der Waals surface area contributed by atoms with Gasteiger partial charge in [-0.1, -0.05) is 26.0 Å². The molecule has 0 bridgehead atoms. The van der Waals surface area contributed by atoms with Crippen LogP contribution in [-0.4, -0.2) is 29.2 Å². The molecular formula is C22H23FN2O3. The highest BCUT2D eigenvalue weighted by molar-refractivity contribution is 6.22. The van der Waals surface area contributed by atoms with Gasteiger partial charge in [0.2, 0.25) is 0 Å². The molecule has 3 amide bonds. The normalized spacial score (nSPS) is 14.4. The van der Waals surface area contributed by atoms with Crippen LogP contribution in [0.1, 0.15) is 69.9 Å². The van der Waals surface area contributed by atoms with Crippen molar-refractivity contribution in [1.82, 2.24) is 10.2 Å². The Kier molecular flexibility index (Phi) is 5.58. The summed E-state index contributed by atoms with van der Waals surface area (Å²) in [6.07, 6.45) is 0.730. The number of carbonyl (C=O) groups excluding carboxylic acids is 3. The lowest BCUT2D eigenvalue weighted by atomic mass is 10.0. The molecule has 1 aliphatic rings. The maximum Gasteiger partial charge on any atom is 0.261 e. The first-order valence-corrected chi connectivity index (χ1v) is 9.34. The van der Waals surface area contributed by atoms with E-state index in [2.05, 4.69) is 5.32 Å². The van der Waals surface area contributed by atoms with Gasteiger partial charge in [0.1, 0.15) is 5.82 Å². The van der Waals surface area contributed by atoms with Gasteiger partial charge in [-0.15, -0.1) is 0 Å². The van der Waals surface area contributed by atoms with E-state index in [-0.39, 0.29) is 35.1 Å². The van der Waals surface area contributed by atoms with E-state index in [0.717, 1.165) is 12.0 Å². The number of nitrogens with one attached hydrogen (secondary N) is 1. The molecule has 2 aromatic carbocycles. The predicted molar refractivity (Wildman–Crippen MR) is 104 cm³/mol. The standard InChI is InChI=1S/C22H23FN2O3/c1-13(2)10-11-25-21(27)18-9-6-16(12-19(18)22(25)28)20(26)24-14(3)15-4-7-17(23)8-5-15/h4-9,12-14H,10-11H2,1-3H3,(H,24,26). The number of benzene rings is 2. The van der Waals surface area contributed by atoms with Crippen LogP contribution in [0.25, 0.3) is 0 Å². The third-order valence-electron chi connectivity index (χ3n) is 4.88. The van der Waals surface area contributed by atoms with Crippen molar-refractivity contribution in [3.05, 3.63) is 70.5 Å². The van der Waals surface area contributed by atoms with Gasteiger partial charge in [0.15, 0.2) is 0 Å². The van der Waals surface area contributed by atoms with Crippen molar-refractivity contribution in [3.63, 3.8) is 0 Å². The van der Waals surface area contributed by atoms with Crippen LogP contribution in [-0.2, 0) is 0 Å². The summed E-state index contributed by atoms with van der Waals surface area (Å²) in [6.45, 7) is 6.22. The molecule has 1 aliphatic heterocycles. The van der Waals surface area contributed by atoms with E-state index in [1.165, 1.54) is 29.2 Å². The van der Waals surface area contributed by atoms with E-state index < -0.39 is 0 Å². The van der Waals surface area contributed by atoms with E-state index in [4.69, 9.17) is 0 Å². The van der Waals surface area contributed by atoms with Crippen molar-refractivity contribution in [2.24, 2.45) is 5.92 Å². The van der Waals surface area contributed by atoms with Crippen molar-refractivity contribution >= 4 is 17.7 Å². The second-order valence-electron chi connectivity index (χ2n) is 7.45. The zero-order valence-corrected chi connectivity index (χ0v) is 16.2. The third kappa shape index (κ3) is 3.96. The van der Waals surface area contributed by atoms with E-state index in [9.17, 15) is 18.8 Å². The van der Waals surface area contributed by atoms with Crippen LogP contribution in [0.3, 0.4) is 0 Å². The summed E-state index contributed by atoms with van der Waals surface area (Å²) in [5.41, 5.74) is 1.66. The minimum absolute atomic E-state index is 0.260. The van der Waals surface area contributed by atoms with Gasteiger partial charge in [-0.3, -0.25) is 19.3 Å². The Balaban J connectivity index is 1.75. The number of halogens is 1. The number of fused-ring (bicyclic) bond motifs is 1. The molecule has 0 aromatic heterocycles. The lowest BCUT2D eigenvalue weighted by Gasteiger charge is -2.15. The fraction of sp³-hybridized carbons (Fsp3) is 0.318. The number of amides is 3. The second kappa shape index (κ2) is 7.92. The highest BCUT2D eigenvalue weighted by Gasteiger charge is 2.35. The van der Waals surface area contributed by atoms with Crippen LogP contribution in [0.4, 0.5) is 4.39 Å². The van der Waals surface area contributed by atoms with Crippen molar-refractivity contribution in [3.8, 4) is 0 Å². The monoisotopic (exact) mass is 382 g/mol. The topological polar surface area (TPSA) is 66.5 Å². The fourth-order valence-electron chi connectivity index (χ4n) is 3.14. The Morgan fingerprint density at radius 3 is 2.29 bits per heavy atom. The van der Waals surface area contributed by atoms with Crippen LogP contribution in [0.2, 0.25) is 0 Å². The van der Waals surface area contributed by atoms with Crippen LogP contribution >= 0.6 is 0 Å². The average Bonchev–Trinajstić information content (AvgIpc) is 2.90. The quantitative estimate of drug-likeness (QED) is 0.769. The first kappa shape index (κ1) is 19.7. The van der Waals surface area contributed by atoms with Gasteiger partial charge in [0.25, 0.3) is 17.7 Å². The molecule has 0 radical (unpaired) electrons. The van der Waals surface area contributed by atoms with Crippen LogP contribution in [0.15, 0.2) is 42.5 Å². The van der Waals surface area contributed by atoms with E-state index in [0.29, 0.717) is 23.6 Å². The molecule has 0 spiro atoms. The lowest BCUT2D eigenvalue weighted by molar-refractivity contribution is 0.0647. The Bertz CT molecular complexity index is 922. The summed E-state index contributed by atoms with van der Waals surface area (Å²) in [6, 6.07) is 10.1. The van der Waals surface area contributed by atoms with Gasteiger partial charge >= 0.3 is 0 Å². The molecule has 2 aromatic rings. The van der Waals surface area contributed by atoms with Crippen LogP contribution in [0.5, 0.6) is 0 Å². The molecule has 1 unspecified atom stereocenters. The SMILES string of the molecule is CC(C)CCN1C(=O)c2ccc(C(=O)NC(C)c3ccc(F)cc3)cc2C1=O. The van der Waals surface area contributed by atoms with E-state index >= 15 is 0 Å². The largest absolute Gasteiger partial charge is 0.346 e. The molecule has 1 N–H and O–H groups in total. The number of nitrogens with zero attached hydrogens (tertiary/aromatic N) is 1. The molecular weight excluding hydrogens is 359 g/mol. The highest BCUT2D eigenvalue weighted by Crippen LogP contribution is 2.25. The number of carbonyl (C=O) groups is 3. The molecule has 0 fully saturated rings. The molecule has 28 heavy (non-hydrogen) atoms. The first-order chi connectivity index (χ1) is 13.3. The van der Waals surface area contributed by atoms with Gasteiger partial charge in [-0.05, 0) is 55.2 Å². The minimum Gasteiger partial charge on any atom is -0.346 e. The van der Waals surface area contributed by atoms with Gasteiger partial charge < -0.3 is 5.32 Å². The van der Waals surface area contributed by atoms with E-state index in [1.807, 2.05) is 13.8 Å². The molecule has 1 heterocycles. The molecule has 1 atom stereocenters. The smallest absolute Gasteiger partial charge is 0.261 e. The summed E-state index contributed by atoms with van der Waals surface area (Å²) in [5.74, 6) is -1.00. The Hall–Kier alpha value is -3.02. The molecule has 0 aliphatic carbocycles. The second-order valence-corrected chi connectivity index (χ2v) is 7.45. The molecule has 0 saturated carbocycles. The van der Waals surface area contributed by atoms with Crippen molar-refractivity contribution in [1.29, 1.82) is 0 Å². The fourth-order valence-corrected chi connectivity index (χ4v) is 3.14. The van der Waals surface area contributed by atoms with Crippen molar-refractivity contribution in [2.75, 3.05) is 6.54 Å². The van der Waals surface area contributed by atoms with Crippen molar-refractivity contribution < 1.29 is 18.8 Å². The first-order valence-electron chi connectivity index (χ1n) is 9.34. The van der Waals surface area contributed by atoms with Gasteiger partial charge in [-0.25, -0.2) is 4.39 Å². The molecule has 5 nitrogen and oxygen atoms in total. The van der Waals surface area contributed by atoms with Crippen LogP contribution in [0, 0.1) is 11.7 Å². The summed E-state index contributed by atoms with van der Waals surface area (Å²) < 4.78 is 13.1. The molecule has 0 saturated heterocycles. The minimum atomic E-state index is -0.361. The maximum absolute atomic E-state index is 13.1. The predicted octanol–water partition coefficient (Wildman–Crippen LogP) is 3.96. The van der Waals surface area contributed by atoms with Crippen molar-refractivity contribution in [2.45, 2.75) is 33.2 Å². The average molecular weight is 382 g/mol. The molecule has 6 heteroatoms. The maximum atomic E-state index is 13.1. The van der Waals surface area contributed by atoms with Gasteiger partial charge in [0, 0.05) is 12.1 Å². The summed E-state index contributed by atoms with van der Waals surface area (Å²) >= 11 is 0. The number of imide groups is 1. The third-order valence-corrected chi connectivity index (χ3v) is 4.88. The zero-order valence-electron chi connectivity index (χ0n) is 16.2. The van der Waals surface area contributed by atoms with Crippen LogP contribution < -0.4 is 5.32 Å². The van der Waals surface area contributed by atoms with Gasteiger partial charge in [-0.2, -0.15) is 0 Å².